The Balaban J connectivity index is 2.12. The van der Waals surface area contributed by atoms with Crippen LogP contribution in [0.3, 0.4) is 0 Å². The van der Waals surface area contributed by atoms with Gasteiger partial charge in [-0.3, -0.25) is 0 Å². The van der Waals surface area contributed by atoms with Gasteiger partial charge < -0.3 is 5.73 Å². The zero-order valence-electron chi connectivity index (χ0n) is 12.1. The predicted molar refractivity (Wildman–Crippen MR) is 91.4 cm³/mol. The zero-order chi connectivity index (χ0) is 15.0. The van der Waals surface area contributed by atoms with Crippen molar-refractivity contribution >= 4 is 26.8 Å². The number of hydrogen-bond donors (Lipinski definition) is 1. The van der Waals surface area contributed by atoms with Crippen molar-refractivity contribution in [3.8, 4) is 0 Å². The van der Waals surface area contributed by atoms with Gasteiger partial charge in [0, 0.05) is 9.86 Å². The number of fused-ring (bicyclic) bond motifs is 1. The lowest BCUT2D eigenvalue weighted by Gasteiger charge is -2.17. The molecule has 1 aromatic heterocycles. The quantitative estimate of drug-likeness (QED) is 0.736. The van der Waals surface area contributed by atoms with Crippen molar-refractivity contribution in [2.45, 2.75) is 19.9 Å². The maximum Gasteiger partial charge on any atom is 0.0765 e. The van der Waals surface area contributed by atoms with Crippen molar-refractivity contribution in [2.75, 3.05) is 0 Å². The van der Waals surface area contributed by atoms with Gasteiger partial charge in [0.1, 0.15) is 0 Å². The van der Waals surface area contributed by atoms with Crippen LogP contribution in [-0.2, 0) is 0 Å². The van der Waals surface area contributed by atoms with Crippen molar-refractivity contribution in [1.82, 2.24) is 4.98 Å². The summed E-state index contributed by atoms with van der Waals surface area (Å²) in [5, 5.41) is 1.11. The second-order valence-corrected chi connectivity index (χ2v) is 6.24. The summed E-state index contributed by atoms with van der Waals surface area (Å²) in [6, 6.07) is 16.3. The Morgan fingerprint density at radius 3 is 2.57 bits per heavy atom. The maximum atomic E-state index is 6.47. The van der Waals surface area contributed by atoms with Crippen LogP contribution in [0, 0.1) is 13.8 Å². The number of rotatable bonds is 2. The normalized spacial score (nSPS) is 12.6. The minimum absolute atomic E-state index is 0.232. The molecule has 0 aliphatic heterocycles. The molecule has 1 atom stereocenters. The Morgan fingerprint density at radius 2 is 1.81 bits per heavy atom. The summed E-state index contributed by atoms with van der Waals surface area (Å²) in [5.74, 6) is 0. The average Bonchev–Trinajstić information content (AvgIpc) is 2.46. The first-order valence-electron chi connectivity index (χ1n) is 6.94. The molecule has 0 saturated carbocycles. The Labute approximate surface area is 133 Å². The topological polar surface area (TPSA) is 38.9 Å². The number of nitrogens with two attached hydrogens (primary N) is 1. The van der Waals surface area contributed by atoms with E-state index < -0.39 is 0 Å². The molecule has 1 heterocycles. The standard InChI is InChI=1S/C18H17BrN2/c1-11-7-8-14(12(2)9-11)17(20)18-15(19)10-13-5-3-4-6-16(13)21-18/h3-10,17H,20H2,1-2H3. The van der Waals surface area contributed by atoms with Crippen LogP contribution < -0.4 is 5.73 Å². The number of halogens is 1. The van der Waals surface area contributed by atoms with Gasteiger partial charge in [-0.05, 0) is 53.0 Å². The summed E-state index contributed by atoms with van der Waals surface area (Å²) >= 11 is 3.61. The van der Waals surface area contributed by atoms with Crippen molar-refractivity contribution in [1.29, 1.82) is 0 Å². The van der Waals surface area contributed by atoms with Gasteiger partial charge in [-0.1, -0.05) is 42.0 Å². The first-order valence-corrected chi connectivity index (χ1v) is 7.73. The van der Waals surface area contributed by atoms with E-state index in [9.17, 15) is 0 Å². The summed E-state index contributed by atoms with van der Waals surface area (Å²) in [5.41, 5.74) is 11.9. The molecule has 0 amide bonds. The second kappa shape index (κ2) is 5.58. The summed E-state index contributed by atoms with van der Waals surface area (Å²) in [6.45, 7) is 4.18. The molecular weight excluding hydrogens is 324 g/mol. The van der Waals surface area contributed by atoms with Crippen LogP contribution in [0.2, 0.25) is 0 Å². The van der Waals surface area contributed by atoms with Gasteiger partial charge in [-0.25, -0.2) is 4.98 Å². The molecule has 0 spiro atoms. The van der Waals surface area contributed by atoms with Gasteiger partial charge in [0.15, 0.2) is 0 Å². The molecule has 106 valence electrons. The highest BCUT2D eigenvalue weighted by atomic mass is 79.9. The highest BCUT2D eigenvalue weighted by molar-refractivity contribution is 9.10. The number of aromatic nitrogens is 1. The van der Waals surface area contributed by atoms with E-state index in [0.717, 1.165) is 26.6 Å². The van der Waals surface area contributed by atoms with Crippen LogP contribution in [0.25, 0.3) is 10.9 Å². The molecule has 3 heteroatoms. The van der Waals surface area contributed by atoms with Gasteiger partial charge in [-0.2, -0.15) is 0 Å². The van der Waals surface area contributed by atoms with Crippen molar-refractivity contribution in [3.63, 3.8) is 0 Å². The van der Waals surface area contributed by atoms with E-state index in [4.69, 9.17) is 10.7 Å². The van der Waals surface area contributed by atoms with Crippen LogP contribution >= 0.6 is 15.9 Å². The van der Waals surface area contributed by atoms with Crippen molar-refractivity contribution in [3.05, 3.63) is 75.4 Å². The number of hydrogen-bond acceptors (Lipinski definition) is 2. The van der Waals surface area contributed by atoms with E-state index >= 15 is 0 Å². The van der Waals surface area contributed by atoms with E-state index in [2.05, 4.69) is 60.1 Å². The lowest BCUT2D eigenvalue weighted by Crippen LogP contribution is -2.15. The first-order chi connectivity index (χ1) is 10.1. The van der Waals surface area contributed by atoms with E-state index in [1.807, 2.05) is 18.2 Å². The lowest BCUT2D eigenvalue weighted by atomic mass is 9.97. The van der Waals surface area contributed by atoms with E-state index in [-0.39, 0.29) is 6.04 Å². The average molecular weight is 341 g/mol. The summed E-state index contributed by atoms with van der Waals surface area (Å²) in [4.78, 5) is 4.74. The summed E-state index contributed by atoms with van der Waals surface area (Å²) in [6.07, 6.45) is 0. The fraction of sp³-hybridized carbons (Fsp3) is 0.167. The van der Waals surface area contributed by atoms with E-state index in [0.29, 0.717) is 0 Å². The number of aryl methyl sites for hydroxylation is 2. The molecular formula is C18H17BrN2. The molecule has 3 aromatic rings. The predicted octanol–water partition coefficient (Wildman–Crippen LogP) is 4.66. The molecule has 0 saturated heterocycles. The Kier molecular flexibility index (Phi) is 3.79. The van der Waals surface area contributed by atoms with Gasteiger partial charge in [-0.15, -0.1) is 0 Å². The van der Waals surface area contributed by atoms with Crippen LogP contribution in [0.1, 0.15) is 28.4 Å². The molecule has 2 aromatic carbocycles. The van der Waals surface area contributed by atoms with Gasteiger partial charge >= 0.3 is 0 Å². The molecule has 0 radical (unpaired) electrons. The second-order valence-electron chi connectivity index (χ2n) is 5.39. The third-order valence-corrected chi connectivity index (χ3v) is 4.39. The largest absolute Gasteiger partial charge is 0.319 e. The molecule has 3 rings (SSSR count). The first kappa shape index (κ1) is 14.2. The Bertz CT molecular complexity index is 811. The van der Waals surface area contributed by atoms with Crippen molar-refractivity contribution in [2.24, 2.45) is 5.73 Å². The number of pyridine rings is 1. The molecule has 0 bridgehead atoms. The third kappa shape index (κ3) is 2.71. The molecule has 1 unspecified atom stereocenters. The zero-order valence-corrected chi connectivity index (χ0v) is 13.7. The Hall–Kier alpha value is -1.71. The smallest absolute Gasteiger partial charge is 0.0765 e. The summed E-state index contributed by atoms with van der Waals surface area (Å²) < 4.78 is 0.952. The van der Waals surface area contributed by atoms with Gasteiger partial charge in [0.25, 0.3) is 0 Å². The van der Waals surface area contributed by atoms with E-state index in [1.165, 1.54) is 11.1 Å². The number of nitrogens with zero attached hydrogens (tertiary/aromatic N) is 1. The van der Waals surface area contributed by atoms with Crippen LogP contribution in [0.4, 0.5) is 0 Å². The van der Waals surface area contributed by atoms with Crippen LogP contribution in [0.5, 0.6) is 0 Å². The fourth-order valence-corrected chi connectivity index (χ4v) is 3.23. The lowest BCUT2D eigenvalue weighted by molar-refractivity contribution is 0.821. The SMILES string of the molecule is Cc1ccc(C(N)c2nc3ccccc3cc2Br)c(C)c1. The van der Waals surface area contributed by atoms with Crippen molar-refractivity contribution < 1.29 is 0 Å². The summed E-state index contributed by atoms with van der Waals surface area (Å²) in [7, 11) is 0. The molecule has 0 aliphatic rings. The number of para-hydroxylation sites is 1. The van der Waals surface area contributed by atoms with Gasteiger partial charge in [0.2, 0.25) is 0 Å². The number of benzene rings is 2. The maximum absolute atomic E-state index is 6.47. The highest BCUT2D eigenvalue weighted by Crippen LogP contribution is 2.30. The van der Waals surface area contributed by atoms with Gasteiger partial charge in [0.05, 0.1) is 17.3 Å². The molecule has 0 aliphatic carbocycles. The van der Waals surface area contributed by atoms with E-state index in [1.54, 1.807) is 0 Å². The van der Waals surface area contributed by atoms with Crippen LogP contribution in [0.15, 0.2) is 53.0 Å². The minimum Gasteiger partial charge on any atom is -0.319 e. The molecule has 21 heavy (non-hydrogen) atoms. The fourth-order valence-electron chi connectivity index (χ4n) is 2.65. The monoisotopic (exact) mass is 340 g/mol. The Morgan fingerprint density at radius 1 is 1.05 bits per heavy atom. The minimum atomic E-state index is -0.232. The third-order valence-electron chi connectivity index (χ3n) is 3.76. The highest BCUT2D eigenvalue weighted by Gasteiger charge is 2.16. The molecule has 2 N–H and O–H groups in total. The van der Waals surface area contributed by atoms with Crippen LogP contribution in [-0.4, -0.2) is 4.98 Å². The molecule has 0 fully saturated rings. The molecule has 2 nitrogen and oxygen atoms in total.